The van der Waals surface area contributed by atoms with Crippen LogP contribution in [0.15, 0.2) is 22.7 Å². The summed E-state index contributed by atoms with van der Waals surface area (Å²) in [5, 5.41) is 0.511. The SMILES string of the molecule is CCN(CCC(=O)c1ccc(Br)cc1Cl)CC1CCCO1. The maximum Gasteiger partial charge on any atom is 0.165 e. The monoisotopic (exact) mass is 373 g/mol. The molecule has 1 aliphatic heterocycles. The number of halogens is 2. The van der Waals surface area contributed by atoms with Crippen LogP contribution >= 0.6 is 27.5 Å². The van der Waals surface area contributed by atoms with Crippen LogP contribution in [-0.2, 0) is 4.74 Å². The third-order valence-corrected chi connectivity index (χ3v) is 4.63. The fraction of sp³-hybridized carbons (Fsp3) is 0.562. The number of Topliss-reactive ketones (excluding diaryl/α,β-unsaturated/α-hetero) is 1. The molecule has 0 radical (unpaired) electrons. The first kappa shape index (κ1) is 16.9. The third-order valence-electron chi connectivity index (χ3n) is 3.82. The van der Waals surface area contributed by atoms with Crippen LogP contribution in [-0.4, -0.2) is 43.0 Å². The Balaban J connectivity index is 1.86. The summed E-state index contributed by atoms with van der Waals surface area (Å²) in [6, 6.07) is 5.40. The van der Waals surface area contributed by atoms with Gasteiger partial charge in [-0.3, -0.25) is 4.79 Å². The Hall–Kier alpha value is -0.420. The molecule has 1 aliphatic rings. The molecule has 1 unspecified atom stereocenters. The fourth-order valence-corrected chi connectivity index (χ4v) is 3.34. The van der Waals surface area contributed by atoms with Gasteiger partial charge in [-0.25, -0.2) is 0 Å². The van der Waals surface area contributed by atoms with E-state index >= 15 is 0 Å². The van der Waals surface area contributed by atoms with Gasteiger partial charge in [-0.05, 0) is 37.6 Å². The smallest absolute Gasteiger partial charge is 0.165 e. The topological polar surface area (TPSA) is 29.5 Å². The molecular weight excluding hydrogens is 354 g/mol. The minimum atomic E-state index is 0.0956. The summed E-state index contributed by atoms with van der Waals surface area (Å²) < 4.78 is 6.54. The lowest BCUT2D eigenvalue weighted by Crippen LogP contribution is -2.33. The molecule has 1 heterocycles. The van der Waals surface area contributed by atoms with Gasteiger partial charge >= 0.3 is 0 Å². The maximum absolute atomic E-state index is 12.3. The standard InChI is InChI=1S/C16H21BrClNO2/c1-2-19(11-13-4-3-9-21-13)8-7-16(20)14-6-5-12(17)10-15(14)18/h5-6,10,13H,2-4,7-9,11H2,1H3. The summed E-state index contributed by atoms with van der Waals surface area (Å²) in [7, 11) is 0. The number of carbonyl (C=O) groups excluding carboxylic acids is 1. The van der Waals surface area contributed by atoms with Gasteiger partial charge in [0.2, 0.25) is 0 Å². The molecule has 0 N–H and O–H groups in total. The molecular formula is C16H21BrClNO2. The summed E-state index contributed by atoms with van der Waals surface area (Å²) in [5.41, 5.74) is 0.605. The highest BCUT2D eigenvalue weighted by Gasteiger charge is 2.19. The molecule has 0 aliphatic carbocycles. The highest BCUT2D eigenvalue weighted by molar-refractivity contribution is 9.10. The molecule has 0 saturated carbocycles. The second-order valence-corrected chi connectivity index (χ2v) is 6.65. The summed E-state index contributed by atoms with van der Waals surface area (Å²) in [6.07, 6.45) is 3.09. The Kier molecular flexibility index (Phi) is 6.68. The molecule has 0 aromatic heterocycles. The first-order valence-electron chi connectivity index (χ1n) is 7.42. The molecule has 0 amide bonds. The molecule has 1 fully saturated rings. The van der Waals surface area contributed by atoms with E-state index in [1.807, 2.05) is 6.07 Å². The Morgan fingerprint density at radius 1 is 1.52 bits per heavy atom. The number of rotatable bonds is 7. The van der Waals surface area contributed by atoms with Gasteiger partial charge in [0.05, 0.1) is 11.1 Å². The van der Waals surface area contributed by atoms with Gasteiger partial charge in [0.25, 0.3) is 0 Å². The summed E-state index contributed by atoms with van der Waals surface area (Å²) in [4.78, 5) is 14.6. The zero-order valence-electron chi connectivity index (χ0n) is 12.3. The van der Waals surface area contributed by atoms with E-state index in [0.717, 1.165) is 43.6 Å². The van der Waals surface area contributed by atoms with Gasteiger partial charge in [0.15, 0.2) is 5.78 Å². The van der Waals surface area contributed by atoms with Crippen LogP contribution in [0.25, 0.3) is 0 Å². The van der Waals surface area contributed by atoms with Crippen molar-refractivity contribution in [3.05, 3.63) is 33.3 Å². The molecule has 1 saturated heterocycles. The van der Waals surface area contributed by atoms with Crippen molar-refractivity contribution in [1.29, 1.82) is 0 Å². The predicted molar refractivity (Wildman–Crippen MR) is 89.2 cm³/mol. The molecule has 3 nitrogen and oxygen atoms in total. The quantitative estimate of drug-likeness (QED) is 0.671. The maximum atomic E-state index is 12.3. The van der Waals surface area contributed by atoms with E-state index in [0.29, 0.717) is 23.1 Å². The van der Waals surface area contributed by atoms with E-state index in [9.17, 15) is 4.79 Å². The van der Waals surface area contributed by atoms with Crippen molar-refractivity contribution in [1.82, 2.24) is 4.90 Å². The zero-order chi connectivity index (χ0) is 15.2. The van der Waals surface area contributed by atoms with E-state index in [1.54, 1.807) is 12.1 Å². The second-order valence-electron chi connectivity index (χ2n) is 5.33. The molecule has 116 valence electrons. The Labute approximate surface area is 139 Å². The van der Waals surface area contributed by atoms with Crippen LogP contribution in [0.5, 0.6) is 0 Å². The van der Waals surface area contributed by atoms with Gasteiger partial charge < -0.3 is 9.64 Å². The number of likely N-dealkylation sites (N-methyl/N-ethyl adjacent to an activating group) is 1. The Morgan fingerprint density at radius 2 is 2.33 bits per heavy atom. The largest absolute Gasteiger partial charge is 0.377 e. The van der Waals surface area contributed by atoms with Gasteiger partial charge in [-0.15, -0.1) is 0 Å². The normalized spacial score (nSPS) is 18.4. The molecule has 5 heteroatoms. The number of hydrogen-bond donors (Lipinski definition) is 0. The second kappa shape index (κ2) is 8.28. The van der Waals surface area contributed by atoms with Crippen molar-refractivity contribution in [2.24, 2.45) is 0 Å². The molecule has 1 aromatic rings. The molecule has 0 spiro atoms. The molecule has 2 rings (SSSR count). The summed E-state index contributed by atoms with van der Waals surface area (Å²) in [6.45, 7) is 5.59. The Morgan fingerprint density at radius 3 is 2.95 bits per heavy atom. The van der Waals surface area contributed by atoms with Crippen molar-refractivity contribution >= 4 is 33.3 Å². The molecule has 1 atom stereocenters. The summed E-state index contributed by atoms with van der Waals surface area (Å²) in [5.74, 6) is 0.0956. The number of ether oxygens (including phenoxy) is 1. The van der Waals surface area contributed by atoms with Crippen LogP contribution in [0, 0.1) is 0 Å². The van der Waals surface area contributed by atoms with Gasteiger partial charge in [0.1, 0.15) is 0 Å². The van der Waals surface area contributed by atoms with Crippen LogP contribution in [0.4, 0.5) is 0 Å². The van der Waals surface area contributed by atoms with E-state index in [4.69, 9.17) is 16.3 Å². The first-order valence-corrected chi connectivity index (χ1v) is 8.59. The summed E-state index contributed by atoms with van der Waals surface area (Å²) >= 11 is 9.48. The Bertz CT molecular complexity index is 489. The van der Waals surface area contributed by atoms with Gasteiger partial charge in [0, 0.05) is 36.2 Å². The number of hydrogen-bond acceptors (Lipinski definition) is 3. The minimum Gasteiger partial charge on any atom is -0.377 e. The van der Waals surface area contributed by atoms with Gasteiger partial charge in [-0.1, -0.05) is 34.5 Å². The third kappa shape index (κ3) is 5.06. The fourth-order valence-electron chi connectivity index (χ4n) is 2.56. The van der Waals surface area contributed by atoms with E-state index < -0.39 is 0 Å². The van der Waals surface area contributed by atoms with Crippen molar-refractivity contribution in [3.63, 3.8) is 0 Å². The zero-order valence-corrected chi connectivity index (χ0v) is 14.6. The lowest BCUT2D eigenvalue weighted by molar-refractivity contribution is 0.0720. The van der Waals surface area contributed by atoms with E-state index in [1.165, 1.54) is 0 Å². The minimum absolute atomic E-state index is 0.0956. The lowest BCUT2D eigenvalue weighted by Gasteiger charge is -2.23. The van der Waals surface area contributed by atoms with E-state index in [2.05, 4.69) is 27.8 Å². The van der Waals surface area contributed by atoms with Crippen LogP contribution in [0.3, 0.4) is 0 Å². The average molecular weight is 375 g/mol. The lowest BCUT2D eigenvalue weighted by atomic mass is 10.1. The van der Waals surface area contributed by atoms with Crippen LogP contribution in [0.1, 0.15) is 36.5 Å². The number of carbonyl (C=O) groups is 1. The van der Waals surface area contributed by atoms with Crippen molar-refractivity contribution in [3.8, 4) is 0 Å². The van der Waals surface area contributed by atoms with Crippen LogP contribution < -0.4 is 0 Å². The first-order chi connectivity index (χ1) is 10.1. The molecule has 21 heavy (non-hydrogen) atoms. The highest BCUT2D eigenvalue weighted by Crippen LogP contribution is 2.22. The number of benzene rings is 1. The highest BCUT2D eigenvalue weighted by atomic mass is 79.9. The van der Waals surface area contributed by atoms with Crippen molar-refractivity contribution < 1.29 is 9.53 Å². The van der Waals surface area contributed by atoms with Gasteiger partial charge in [-0.2, -0.15) is 0 Å². The number of ketones is 1. The van der Waals surface area contributed by atoms with E-state index in [-0.39, 0.29) is 5.78 Å². The molecule has 1 aromatic carbocycles. The number of nitrogens with zero attached hydrogens (tertiary/aromatic N) is 1. The predicted octanol–water partition coefficient (Wildman–Crippen LogP) is 4.18. The van der Waals surface area contributed by atoms with Crippen molar-refractivity contribution in [2.75, 3.05) is 26.2 Å². The van der Waals surface area contributed by atoms with Crippen LogP contribution in [0.2, 0.25) is 5.02 Å². The molecule has 0 bridgehead atoms. The van der Waals surface area contributed by atoms with Crippen molar-refractivity contribution in [2.45, 2.75) is 32.3 Å². The average Bonchev–Trinajstić information content (AvgIpc) is 2.96.